The van der Waals surface area contributed by atoms with Crippen LogP contribution >= 0.6 is 0 Å². The monoisotopic (exact) mass is 294 g/mol. The molecule has 0 radical (unpaired) electrons. The molecule has 0 bridgehead atoms. The van der Waals surface area contributed by atoms with Crippen molar-refractivity contribution in [2.75, 3.05) is 6.61 Å². The molecule has 0 fully saturated rings. The molecule has 0 N–H and O–H groups in total. The van der Waals surface area contributed by atoms with Crippen LogP contribution < -0.4 is 9.47 Å². The Morgan fingerprint density at radius 2 is 1.82 bits per heavy atom. The van der Waals surface area contributed by atoms with Crippen LogP contribution in [0.2, 0.25) is 0 Å². The van der Waals surface area contributed by atoms with Gasteiger partial charge in [0.1, 0.15) is 6.61 Å². The van der Waals surface area contributed by atoms with Crippen molar-refractivity contribution >= 4 is 5.78 Å². The number of carbonyl (C=O) groups is 1. The first-order valence-corrected chi connectivity index (χ1v) is 7.35. The number of hydrogen-bond donors (Lipinski definition) is 0. The van der Waals surface area contributed by atoms with Gasteiger partial charge in [-0.3, -0.25) is 4.79 Å². The topological polar surface area (TPSA) is 35.5 Å². The summed E-state index contributed by atoms with van der Waals surface area (Å²) in [6.07, 6.45) is 1.67. The van der Waals surface area contributed by atoms with E-state index in [1.165, 1.54) is 0 Å². The van der Waals surface area contributed by atoms with E-state index in [9.17, 15) is 4.79 Å². The van der Waals surface area contributed by atoms with E-state index in [0.717, 1.165) is 11.1 Å². The number of carbonyl (C=O) groups excluding carboxylic acids is 1. The molecule has 2 aromatic rings. The van der Waals surface area contributed by atoms with Gasteiger partial charge in [-0.05, 0) is 31.5 Å². The summed E-state index contributed by atoms with van der Waals surface area (Å²) in [5.41, 5.74) is 3.12. The van der Waals surface area contributed by atoms with Crippen molar-refractivity contribution in [2.24, 2.45) is 0 Å². The van der Waals surface area contributed by atoms with Crippen molar-refractivity contribution in [1.29, 1.82) is 0 Å². The predicted molar refractivity (Wildman–Crippen MR) is 86.8 cm³/mol. The molecular weight excluding hydrogens is 276 g/mol. The molecule has 3 nitrogen and oxygen atoms in total. The molecule has 3 rings (SSSR count). The first kappa shape index (κ1) is 14.4. The fourth-order valence-electron chi connectivity index (χ4n) is 2.68. The molecule has 22 heavy (non-hydrogen) atoms. The van der Waals surface area contributed by atoms with Gasteiger partial charge in [0.25, 0.3) is 0 Å². The number of rotatable bonds is 5. The van der Waals surface area contributed by atoms with Gasteiger partial charge in [-0.1, -0.05) is 36.9 Å². The average Bonchev–Trinajstić information content (AvgIpc) is 2.80. The van der Waals surface area contributed by atoms with Crippen molar-refractivity contribution in [1.82, 2.24) is 0 Å². The van der Waals surface area contributed by atoms with E-state index in [1.807, 2.05) is 44.2 Å². The van der Waals surface area contributed by atoms with Crippen LogP contribution in [0.1, 0.15) is 29.8 Å². The summed E-state index contributed by atoms with van der Waals surface area (Å²) >= 11 is 0. The highest BCUT2D eigenvalue weighted by Crippen LogP contribution is 2.47. The van der Waals surface area contributed by atoms with Gasteiger partial charge >= 0.3 is 0 Å². The zero-order chi connectivity index (χ0) is 15.7. The zero-order valence-corrected chi connectivity index (χ0v) is 12.8. The van der Waals surface area contributed by atoms with E-state index in [-0.39, 0.29) is 11.9 Å². The average molecular weight is 294 g/mol. The van der Waals surface area contributed by atoms with E-state index >= 15 is 0 Å². The van der Waals surface area contributed by atoms with Crippen molar-refractivity contribution in [2.45, 2.75) is 20.0 Å². The summed E-state index contributed by atoms with van der Waals surface area (Å²) in [5, 5.41) is 0. The third-order valence-corrected chi connectivity index (χ3v) is 3.52. The lowest BCUT2D eigenvalue weighted by atomic mass is 10.0. The molecule has 0 atom stereocenters. The second-order valence-electron chi connectivity index (χ2n) is 5.46. The van der Waals surface area contributed by atoms with Crippen LogP contribution in [-0.2, 0) is 0 Å². The van der Waals surface area contributed by atoms with Crippen LogP contribution in [0.5, 0.6) is 11.5 Å². The lowest BCUT2D eigenvalue weighted by Gasteiger charge is -2.18. The van der Waals surface area contributed by atoms with Crippen LogP contribution in [0.25, 0.3) is 11.1 Å². The van der Waals surface area contributed by atoms with Crippen molar-refractivity contribution in [3.05, 3.63) is 60.2 Å². The van der Waals surface area contributed by atoms with Gasteiger partial charge in [0, 0.05) is 16.7 Å². The molecule has 3 heteroatoms. The molecular formula is C19H18O3. The van der Waals surface area contributed by atoms with Crippen molar-refractivity contribution < 1.29 is 14.3 Å². The SMILES string of the molecule is C=CCOc1ccc2c(c1OC(C)C)-c1ccccc1C2=O. The molecule has 0 saturated carbocycles. The van der Waals surface area contributed by atoms with E-state index < -0.39 is 0 Å². The van der Waals surface area contributed by atoms with Crippen LogP contribution in [0.15, 0.2) is 49.1 Å². The van der Waals surface area contributed by atoms with Crippen LogP contribution in [-0.4, -0.2) is 18.5 Å². The third kappa shape index (κ3) is 2.29. The summed E-state index contributed by atoms with van der Waals surface area (Å²) in [4.78, 5) is 12.5. The Hall–Kier alpha value is -2.55. The summed E-state index contributed by atoms with van der Waals surface area (Å²) in [7, 11) is 0. The van der Waals surface area contributed by atoms with Crippen molar-refractivity contribution in [3.8, 4) is 22.6 Å². The first-order chi connectivity index (χ1) is 10.6. The zero-order valence-electron chi connectivity index (χ0n) is 12.8. The van der Waals surface area contributed by atoms with Crippen LogP contribution in [0.4, 0.5) is 0 Å². The van der Waals surface area contributed by atoms with Gasteiger partial charge in [0.15, 0.2) is 17.3 Å². The van der Waals surface area contributed by atoms with Gasteiger partial charge in [-0.25, -0.2) is 0 Å². The molecule has 0 saturated heterocycles. The normalized spacial score (nSPS) is 12.0. The van der Waals surface area contributed by atoms with Gasteiger partial charge in [0.2, 0.25) is 0 Å². The number of fused-ring (bicyclic) bond motifs is 3. The molecule has 112 valence electrons. The number of benzene rings is 2. The molecule has 0 unspecified atom stereocenters. The van der Waals surface area contributed by atoms with Gasteiger partial charge in [0.05, 0.1) is 6.10 Å². The molecule has 1 aliphatic carbocycles. The fraction of sp³-hybridized carbons (Fsp3) is 0.211. The Labute approximate surface area is 130 Å². The number of ketones is 1. The minimum Gasteiger partial charge on any atom is -0.486 e. The molecule has 0 aliphatic heterocycles. The molecule has 1 aliphatic rings. The predicted octanol–water partition coefficient (Wildman–Crippen LogP) is 4.25. The quantitative estimate of drug-likeness (QED) is 0.660. The van der Waals surface area contributed by atoms with Crippen LogP contribution in [0.3, 0.4) is 0 Å². The summed E-state index contributed by atoms with van der Waals surface area (Å²) < 4.78 is 11.7. The van der Waals surface area contributed by atoms with E-state index in [1.54, 1.807) is 12.1 Å². The summed E-state index contributed by atoms with van der Waals surface area (Å²) in [5.74, 6) is 1.30. The van der Waals surface area contributed by atoms with Gasteiger partial charge in [-0.2, -0.15) is 0 Å². The maximum atomic E-state index is 12.5. The standard InChI is InChI=1S/C19H18O3/c1-4-11-21-16-10-9-15-17(19(16)22-12(2)3)13-7-5-6-8-14(13)18(15)20/h4-10,12H,1,11H2,2-3H3. The molecule has 0 spiro atoms. The fourth-order valence-corrected chi connectivity index (χ4v) is 2.68. The van der Waals surface area contributed by atoms with Gasteiger partial charge < -0.3 is 9.47 Å². The molecule has 0 aromatic heterocycles. The highest BCUT2D eigenvalue weighted by atomic mass is 16.5. The van der Waals surface area contributed by atoms with E-state index in [2.05, 4.69) is 6.58 Å². The minimum absolute atomic E-state index is 0.0135. The Balaban J connectivity index is 2.21. The Morgan fingerprint density at radius 1 is 1.09 bits per heavy atom. The second-order valence-corrected chi connectivity index (χ2v) is 5.46. The first-order valence-electron chi connectivity index (χ1n) is 7.35. The second kappa shape index (κ2) is 5.68. The Morgan fingerprint density at radius 3 is 2.50 bits per heavy atom. The van der Waals surface area contributed by atoms with Crippen molar-refractivity contribution in [3.63, 3.8) is 0 Å². The van der Waals surface area contributed by atoms with E-state index in [4.69, 9.17) is 9.47 Å². The largest absolute Gasteiger partial charge is 0.486 e. The van der Waals surface area contributed by atoms with E-state index in [0.29, 0.717) is 29.2 Å². The highest BCUT2D eigenvalue weighted by Gasteiger charge is 2.31. The minimum atomic E-state index is -0.0135. The molecule has 0 amide bonds. The summed E-state index contributed by atoms with van der Waals surface area (Å²) in [6.45, 7) is 7.97. The lowest BCUT2D eigenvalue weighted by molar-refractivity contribution is 0.104. The highest BCUT2D eigenvalue weighted by molar-refractivity contribution is 6.22. The summed E-state index contributed by atoms with van der Waals surface area (Å²) in [6, 6.07) is 11.2. The smallest absolute Gasteiger partial charge is 0.194 e. The molecule has 2 aromatic carbocycles. The lowest BCUT2D eigenvalue weighted by Crippen LogP contribution is -2.09. The third-order valence-electron chi connectivity index (χ3n) is 3.52. The Bertz CT molecular complexity index is 744. The maximum absolute atomic E-state index is 12.5. The number of hydrogen-bond acceptors (Lipinski definition) is 3. The Kier molecular flexibility index (Phi) is 3.72. The van der Waals surface area contributed by atoms with Crippen LogP contribution in [0, 0.1) is 0 Å². The van der Waals surface area contributed by atoms with Gasteiger partial charge in [-0.15, -0.1) is 0 Å². The maximum Gasteiger partial charge on any atom is 0.194 e. The molecule has 0 heterocycles. The number of ether oxygens (including phenoxy) is 2.